The first kappa shape index (κ1) is 24.4. The van der Waals surface area contributed by atoms with Gasteiger partial charge in [0.15, 0.2) is 0 Å². The number of phenolic OH excluding ortho intramolecular Hbond substituents is 1. The molecule has 0 saturated carbocycles. The van der Waals surface area contributed by atoms with Crippen LogP contribution in [0.4, 0.5) is 0 Å². The van der Waals surface area contributed by atoms with Crippen LogP contribution in [0.5, 0.6) is 5.75 Å². The molecule has 0 aliphatic carbocycles. The molecule has 0 aliphatic heterocycles. The first-order valence-electron chi connectivity index (χ1n) is 10.5. The van der Waals surface area contributed by atoms with Gasteiger partial charge in [0.25, 0.3) is 10.1 Å². The van der Waals surface area contributed by atoms with Crippen LogP contribution >= 0.6 is 0 Å². The summed E-state index contributed by atoms with van der Waals surface area (Å²) in [5.74, 6) is 0.337. The van der Waals surface area contributed by atoms with Gasteiger partial charge in [-0.05, 0) is 71.9 Å². The van der Waals surface area contributed by atoms with Gasteiger partial charge >= 0.3 is 0 Å². The zero-order valence-corrected chi connectivity index (χ0v) is 20.2. The number of benzene rings is 2. The summed E-state index contributed by atoms with van der Waals surface area (Å²) in [7, 11) is -3.72. The van der Waals surface area contributed by atoms with Crippen molar-refractivity contribution in [3.05, 3.63) is 58.7 Å². The Labute approximate surface area is 182 Å². The second-order valence-corrected chi connectivity index (χ2v) is 11.7. The number of aromatic hydroxyl groups is 1. The van der Waals surface area contributed by atoms with Gasteiger partial charge in [0.1, 0.15) is 5.75 Å². The lowest BCUT2D eigenvalue weighted by molar-refractivity contribution is 0.308. The first-order chi connectivity index (χ1) is 13.7. The summed E-state index contributed by atoms with van der Waals surface area (Å²) in [6, 6.07) is 10.7. The molecule has 4 nitrogen and oxygen atoms in total. The predicted octanol–water partition coefficient (Wildman–Crippen LogP) is 6.02. The minimum absolute atomic E-state index is 0.0888. The SMILES string of the molecule is Cc1ccc(S(=O)(=O)OCCCCc2cc(C(C)(C)C)c(O)cc2C(C)(C)C)cc1. The highest BCUT2D eigenvalue weighted by Gasteiger charge is 2.24. The molecule has 0 heterocycles. The number of rotatable bonds is 7. The third-order valence-corrected chi connectivity index (χ3v) is 6.55. The molecule has 0 radical (unpaired) electrons. The molecule has 0 bridgehead atoms. The fourth-order valence-electron chi connectivity index (χ4n) is 3.50. The van der Waals surface area contributed by atoms with Crippen LogP contribution < -0.4 is 0 Å². The Morgan fingerprint density at radius 2 is 1.43 bits per heavy atom. The number of aryl methyl sites for hydroxylation is 2. The topological polar surface area (TPSA) is 63.6 Å². The summed E-state index contributed by atoms with van der Waals surface area (Å²) < 4.78 is 29.8. The second kappa shape index (κ2) is 9.11. The minimum atomic E-state index is -3.72. The van der Waals surface area contributed by atoms with Crippen molar-refractivity contribution in [3.8, 4) is 5.75 Å². The summed E-state index contributed by atoms with van der Waals surface area (Å²) in [4.78, 5) is 0.191. The Morgan fingerprint density at radius 3 is 1.97 bits per heavy atom. The van der Waals surface area contributed by atoms with Gasteiger partial charge in [0.05, 0.1) is 11.5 Å². The molecule has 166 valence electrons. The van der Waals surface area contributed by atoms with Gasteiger partial charge in [0.2, 0.25) is 0 Å². The third kappa shape index (κ3) is 6.32. The fourth-order valence-corrected chi connectivity index (χ4v) is 4.44. The maximum atomic E-state index is 12.3. The van der Waals surface area contributed by atoms with Gasteiger partial charge in [-0.2, -0.15) is 8.42 Å². The molecular formula is C25H36O4S. The van der Waals surface area contributed by atoms with Crippen molar-refractivity contribution in [2.24, 2.45) is 0 Å². The summed E-state index contributed by atoms with van der Waals surface area (Å²) >= 11 is 0. The van der Waals surface area contributed by atoms with Crippen molar-refractivity contribution in [2.75, 3.05) is 6.61 Å². The molecule has 0 unspecified atom stereocenters. The van der Waals surface area contributed by atoms with Gasteiger partial charge in [0, 0.05) is 0 Å². The Bertz CT molecular complexity index is 960. The minimum Gasteiger partial charge on any atom is -0.508 e. The van der Waals surface area contributed by atoms with Crippen molar-refractivity contribution in [3.63, 3.8) is 0 Å². The second-order valence-electron chi connectivity index (χ2n) is 10.1. The van der Waals surface area contributed by atoms with Crippen LogP contribution in [0.15, 0.2) is 41.3 Å². The molecule has 0 spiro atoms. The molecule has 0 fully saturated rings. The molecule has 2 rings (SSSR count). The van der Waals surface area contributed by atoms with E-state index in [0.717, 1.165) is 29.5 Å². The summed E-state index contributed by atoms with van der Waals surface area (Å²) in [5, 5.41) is 10.6. The largest absolute Gasteiger partial charge is 0.508 e. The lowest BCUT2D eigenvalue weighted by Crippen LogP contribution is -2.18. The summed E-state index contributed by atoms with van der Waals surface area (Å²) in [6.07, 6.45) is 2.26. The standard InChI is InChI=1S/C25H36O4S/c1-18-11-13-20(14-12-18)30(27,28)29-15-9-8-10-19-16-22(25(5,6)7)23(26)17-21(19)24(2,3)4/h11-14,16-17,26H,8-10,15H2,1-7H3. The van der Waals surface area contributed by atoms with Gasteiger partial charge in [-0.1, -0.05) is 65.3 Å². The van der Waals surface area contributed by atoms with Crippen LogP contribution in [0.3, 0.4) is 0 Å². The van der Waals surface area contributed by atoms with E-state index in [1.165, 1.54) is 5.56 Å². The number of hydrogen-bond donors (Lipinski definition) is 1. The summed E-state index contributed by atoms with van der Waals surface area (Å²) in [5.41, 5.74) is 4.03. The van der Waals surface area contributed by atoms with Crippen LogP contribution in [0.2, 0.25) is 0 Å². The van der Waals surface area contributed by atoms with E-state index in [9.17, 15) is 13.5 Å². The average molecular weight is 433 g/mol. The van der Waals surface area contributed by atoms with Crippen molar-refractivity contribution < 1.29 is 17.7 Å². The van der Waals surface area contributed by atoms with Crippen LogP contribution in [-0.2, 0) is 31.6 Å². The average Bonchev–Trinajstić information content (AvgIpc) is 2.60. The molecule has 0 atom stereocenters. The zero-order chi connectivity index (χ0) is 22.7. The van der Waals surface area contributed by atoms with Crippen molar-refractivity contribution in [2.45, 2.75) is 83.5 Å². The highest BCUT2D eigenvalue weighted by atomic mass is 32.2. The number of phenols is 1. The van der Waals surface area contributed by atoms with Gasteiger partial charge in [-0.15, -0.1) is 0 Å². The van der Waals surface area contributed by atoms with E-state index < -0.39 is 10.1 Å². The monoisotopic (exact) mass is 432 g/mol. The molecular weight excluding hydrogens is 396 g/mol. The van der Waals surface area contributed by atoms with Crippen molar-refractivity contribution in [1.82, 2.24) is 0 Å². The van der Waals surface area contributed by atoms with Gasteiger partial charge in [-0.3, -0.25) is 4.18 Å². The van der Waals surface area contributed by atoms with Crippen LogP contribution in [0, 0.1) is 6.92 Å². The number of unbranched alkanes of at least 4 members (excludes halogenated alkanes) is 1. The molecule has 0 aliphatic rings. The quantitative estimate of drug-likeness (QED) is 0.429. The van der Waals surface area contributed by atoms with E-state index >= 15 is 0 Å². The molecule has 2 aromatic rings. The van der Waals surface area contributed by atoms with E-state index in [-0.39, 0.29) is 22.3 Å². The van der Waals surface area contributed by atoms with E-state index in [1.807, 2.05) is 13.0 Å². The van der Waals surface area contributed by atoms with Gasteiger partial charge in [-0.25, -0.2) is 0 Å². The predicted molar refractivity (Wildman–Crippen MR) is 123 cm³/mol. The molecule has 5 heteroatoms. The Kier molecular flexibility index (Phi) is 7.41. The number of hydrogen-bond acceptors (Lipinski definition) is 4. The van der Waals surface area contributed by atoms with Gasteiger partial charge < -0.3 is 5.11 Å². The van der Waals surface area contributed by atoms with Crippen LogP contribution in [0.25, 0.3) is 0 Å². The summed E-state index contributed by atoms with van der Waals surface area (Å²) in [6.45, 7) is 14.8. The fraction of sp³-hybridized carbons (Fsp3) is 0.520. The molecule has 30 heavy (non-hydrogen) atoms. The normalized spacial score (nSPS) is 12.9. The lowest BCUT2D eigenvalue weighted by Gasteiger charge is -2.28. The van der Waals surface area contributed by atoms with Crippen LogP contribution in [-0.4, -0.2) is 20.1 Å². The van der Waals surface area contributed by atoms with Crippen molar-refractivity contribution in [1.29, 1.82) is 0 Å². The van der Waals surface area contributed by atoms with E-state index in [2.05, 4.69) is 47.6 Å². The zero-order valence-electron chi connectivity index (χ0n) is 19.4. The first-order valence-corrected chi connectivity index (χ1v) is 12.0. The Balaban J connectivity index is 2.05. The van der Waals surface area contributed by atoms with Crippen LogP contribution in [0.1, 0.15) is 76.6 Å². The highest BCUT2D eigenvalue weighted by molar-refractivity contribution is 7.86. The van der Waals surface area contributed by atoms with E-state index in [0.29, 0.717) is 12.2 Å². The molecule has 2 aromatic carbocycles. The Morgan fingerprint density at radius 1 is 0.867 bits per heavy atom. The van der Waals surface area contributed by atoms with E-state index in [4.69, 9.17) is 4.18 Å². The molecule has 0 amide bonds. The van der Waals surface area contributed by atoms with E-state index in [1.54, 1.807) is 24.3 Å². The smallest absolute Gasteiger partial charge is 0.296 e. The molecule has 1 N–H and O–H groups in total. The van der Waals surface area contributed by atoms with Crippen molar-refractivity contribution >= 4 is 10.1 Å². The highest BCUT2D eigenvalue weighted by Crippen LogP contribution is 2.37. The lowest BCUT2D eigenvalue weighted by atomic mass is 9.78. The maximum Gasteiger partial charge on any atom is 0.296 e. The maximum absolute atomic E-state index is 12.3. The molecule has 0 aromatic heterocycles. The molecule has 0 saturated heterocycles. The Hall–Kier alpha value is -1.85. The third-order valence-electron chi connectivity index (χ3n) is 5.23.